The largest absolute Gasteiger partial charge is 0.446 e. The average Bonchev–Trinajstić information content (AvgIpc) is 4.24. The number of nitrogens with zero attached hydrogens (tertiary/aromatic N) is 11. The summed E-state index contributed by atoms with van der Waals surface area (Å²) in [7, 11) is 0. The van der Waals surface area contributed by atoms with E-state index in [4.69, 9.17) is 4.74 Å². The van der Waals surface area contributed by atoms with Gasteiger partial charge >= 0.3 is 6.09 Å². The van der Waals surface area contributed by atoms with Crippen molar-refractivity contribution in [1.29, 1.82) is 0 Å². The topological polar surface area (TPSA) is 239 Å². The number of aromatic nitrogens is 8. The van der Waals surface area contributed by atoms with Crippen LogP contribution in [-0.2, 0) is 25.7 Å². The van der Waals surface area contributed by atoms with Crippen molar-refractivity contribution in [3.8, 4) is 32.8 Å². The number of ether oxygens (including phenoxy) is 1. The molecular weight excluding hydrogens is 993 g/mol. The lowest BCUT2D eigenvalue weighted by Crippen LogP contribution is -2.49. The predicted molar refractivity (Wildman–Crippen MR) is 287 cm³/mol. The van der Waals surface area contributed by atoms with Gasteiger partial charge in [0.25, 0.3) is 0 Å². The lowest BCUT2D eigenvalue weighted by molar-refractivity contribution is -0.142. The second kappa shape index (κ2) is 22.7. The van der Waals surface area contributed by atoms with E-state index < -0.39 is 24.3 Å². The van der Waals surface area contributed by atoms with Crippen molar-refractivity contribution in [3.05, 3.63) is 95.8 Å². The molecule has 7 aromatic rings. The van der Waals surface area contributed by atoms with Gasteiger partial charge in [0.15, 0.2) is 5.13 Å². The maximum Gasteiger partial charge on any atom is 0.411 e. The second-order valence-electron chi connectivity index (χ2n) is 19.8. The highest BCUT2D eigenvalue weighted by atomic mass is 32.1. The molecule has 3 aliphatic rings. The van der Waals surface area contributed by atoms with Gasteiger partial charge in [-0.2, -0.15) is 0 Å². The Morgan fingerprint density at radius 1 is 0.840 bits per heavy atom. The van der Waals surface area contributed by atoms with Gasteiger partial charge in [0.1, 0.15) is 23.9 Å². The number of thiazole rings is 2. The van der Waals surface area contributed by atoms with Crippen LogP contribution in [0.2, 0.25) is 0 Å². The summed E-state index contributed by atoms with van der Waals surface area (Å²) < 4.78 is 8.09. The Morgan fingerprint density at radius 3 is 2.32 bits per heavy atom. The molecule has 75 heavy (non-hydrogen) atoms. The van der Waals surface area contributed by atoms with Gasteiger partial charge in [0, 0.05) is 75.4 Å². The Kier molecular flexibility index (Phi) is 15.5. The van der Waals surface area contributed by atoms with E-state index in [1.54, 1.807) is 36.1 Å². The molecule has 2 saturated heterocycles. The molecule has 0 bridgehead atoms. The van der Waals surface area contributed by atoms with Gasteiger partial charge in [-0.25, -0.2) is 29.4 Å². The van der Waals surface area contributed by atoms with E-state index in [0.717, 1.165) is 68.7 Å². The number of aliphatic hydroxyl groups is 1. The number of aliphatic hydroxyl groups excluding tert-OH is 1. The Morgan fingerprint density at radius 2 is 1.59 bits per heavy atom. The normalized spacial score (nSPS) is 17.8. The van der Waals surface area contributed by atoms with Crippen LogP contribution in [0.4, 0.5) is 21.6 Å². The standard InChI is InChI=1S/C53H60N14O6S2/c1-31(2)47(50(71)66-27-39(68)22-44(66)49(70)55-23-34-10-12-35(13-11-34)48-33(4)58-30-74-48)67-28-43(62-63-67)38-25-56-51(57-26-38)65-18-16-64(17-19-65)29-46(69)61-52-59-41-15-14-36(21-45(41)75-52)37-20-42(32(3)54-24-37)60-53(72)73-40-8-6-5-7-9-40/h10-15,20-21,24-26,28,30-31,39-40,44,47,68H,5-9,16-19,22-23,27,29H2,1-4H3,(H,55,70)(H,60,72)(H,59,61,69)/t39-,44+,47?/m1/s1. The number of carbonyl (C=O) groups is 4. The van der Waals surface area contributed by atoms with Crippen LogP contribution in [-0.4, -0.2) is 136 Å². The number of fused-ring (bicyclic) bond motifs is 1. The molecule has 3 fully saturated rings. The van der Waals surface area contributed by atoms with Gasteiger partial charge in [0.2, 0.25) is 23.7 Å². The second-order valence-corrected chi connectivity index (χ2v) is 21.7. The van der Waals surface area contributed by atoms with Crippen LogP contribution in [0.3, 0.4) is 0 Å². The summed E-state index contributed by atoms with van der Waals surface area (Å²) in [5.41, 5.74) is 9.66. The van der Waals surface area contributed by atoms with E-state index in [-0.39, 0.29) is 55.8 Å². The lowest BCUT2D eigenvalue weighted by Gasteiger charge is -2.34. The van der Waals surface area contributed by atoms with Crippen LogP contribution in [0, 0.1) is 19.8 Å². The SMILES string of the molecule is Cc1ncc(-c2ccc3nc(NC(=O)CN4CCN(c5ncc(-c6cn(C(C(=O)N7C[C@H](O)C[C@H]7C(=O)NCc7ccc(-c8scnc8C)cc7)C(C)C)nn6)cn5)CC4)sc3c2)cc1NC(=O)OC1CCCCC1. The van der Waals surface area contributed by atoms with Crippen molar-refractivity contribution in [2.45, 2.75) is 97.1 Å². The van der Waals surface area contributed by atoms with Crippen molar-refractivity contribution in [1.82, 2.24) is 55.0 Å². The third-order valence-corrected chi connectivity index (χ3v) is 16.0. The Labute approximate surface area is 442 Å². The molecule has 390 valence electrons. The number of carbonyl (C=O) groups excluding carboxylic acids is 4. The van der Waals surface area contributed by atoms with Gasteiger partial charge in [0.05, 0.1) is 56.5 Å². The molecule has 1 aliphatic carbocycles. The number of hydrogen-bond donors (Lipinski definition) is 4. The summed E-state index contributed by atoms with van der Waals surface area (Å²) in [6.45, 7) is 10.6. The van der Waals surface area contributed by atoms with E-state index >= 15 is 0 Å². The number of hydrogen-bond acceptors (Lipinski definition) is 17. The summed E-state index contributed by atoms with van der Waals surface area (Å²) in [5, 5.41) is 28.8. The number of amides is 4. The number of pyridine rings is 1. The Hall–Kier alpha value is -7.27. The van der Waals surface area contributed by atoms with Gasteiger partial charge in [-0.1, -0.05) is 67.2 Å². The molecule has 7 heterocycles. The first-order chi connectivity index (χ1) is 36.3. The highest BCUT2D eigenvalue weighted by Crippen LogP contribution is 2.33. The lowest BCUT2D eigenvalue weighted by atomic mass is 9.98. The number of likely N-dealkylation sites (tertiary alicyclic amines) is 1. The fourth-order valence-corrected chi connectivity index (χ4v) is 11.7. The number of β-amino-alcohol motifs (C(OH)–C–C–N with tert-alkyl or cyclic N) is 1. The molecular formula is C53H60N14O6S2. The van der Waals surface area contributed by atoms with E-state index in [9.17, 15) is 24.3 Å². The monoisotopic (exact) mass is 1050 g/mol. The number of benzene rings is 2. The van der Waals surface area contributed by atoms with Crippen LogP contribution in [0.1, 0.15) is 75.4 Å². The molecule has 4 amide bonds. The van der Waals surface area contributed by atoms with E-state index in [2.05, 4.69) is 61.0 Å². The van der Waals surface area contributed by atoms with E-state index in [0.29, 0.717) is 59.9 Å². The van der Waals surface area contributed by atoms with Gasteiger partial charge < -0.3 is 30.3 Å². The molecule has 3 atom stereocenters. The first-order valence-electron chi connectivity index (χ1n) is 25.4. The van der Waals surface area contributed by atoms with E-state index in [1.807, 2.05) is 81.7 Å². The molecule has 10 rings (SSSR count). The molecule has 4 N–H and O–H groups in total. The average molecular weight is 1050 g/mol. The van der Waals surface area contributed by atoms with Gasteiger partial charge in [-0.3, -0.25) is 29.6 Å². The summed E-state index contributed by atoms with van der Waals surface area (Å²) in [4.78, 5) is 83.4. The molecule has 0 spiro atoms. The van der Waals surface area contributed by atoms with Crippen LogP contribution in [0.5, 0.6) is 0 Å². The molecule has 5 aromatic heterocycles. The quantitative estimate of drug-likeness (QED) is 0.0790. The van der Waals surface area contributed by atoms with Crippen molar-refractivity contribution < 1.29 is 29.0 Å². The summed E-state index contributed by atoms with van der Waals surface area (Å²) in [6, 6.07) is 14.1. The fraction of sp³-hybridized carbons (Fsp3) is 0.415. The highest BCUT2D eigenvalue weighted by molar-refractivity contribution is 7.22. The molecule has 0 radical (unpaired) electrons. The molecule has 1 saturated carbocycles. The first kappa shape index (κ1) is 51.2. The number of piperazine rings is 1. The molecule has 1 unspecified atom stereocenters. The van der Waals surface area contributed by atoms with E-state index in [1.165, 1.54) is 27.3 Å². The Balaban J connectivity index is 0.698. The van der Waals surface area contributed by atoms with Crippen molar-refractivity contribution in [2.75, 3.05) is 54.8 Å². The highest BCUT2D eigenvalue weighted by Gasteiger charge is 2.43. The zero-order valence-electron chi connectivity index (χ0n) is 42.3. The first-order valence-corrected chi connectivity index (χ1v) is 27.1. The van der Waals surface area contributed by atoms with Crippen LogP contribution in [0.15, 0.2) is 78.8 Å². The third-order valence-electron chi connectivity index (χ3n) is 14.0. The van der Waals surface area contributed by atoms with Crippen molar-refractivity contribution in [3.63, 3.8) is 0 Å². The number of aryl methyl sites for hydroxylation is 2. The van der Waals surface area contributed by atoms with Crippen molar-refractivity contribution in [2.24, 2.45) is 5.92 Å². The predicted octanol–water partition coefficient (Wildman–Crippen LogP) is 7.26. The van der Waals surface area contributed by atoms with Gasteiger partial charge in [-0.05, 0) is 80.3 Å². The minimum atomic E-state index is -0.842. The molecule has 22 heteroatoms. The molecule has 2 aliphatic heterocycles. The number of anilines is 3. The fourth-order valence-electron chi connectivity index (χ4n) is 9.92. The number of rotatable bonds is 15. The minimum absolute atomic E-state index is 0.0322. The summed E-state index contributed by atoms with van der Waals surface area (Å²) >= 11 is 2.98. The molecule has 20 nitrogen and oxygen atoms in total. The van der Waals surface area contributed by atoms with Gasteiger partial charge in [-0.15, -0.1) is 16.4 Å². The smallest absolute Gasteiger partial charge is 0.411 e. The minimum Gasteiger partial charge on any atom is -0.446 e. The third kappa shape index (κ3) is 12.0. The summed E-state index contributed by atoms with van der Waals surface area (Å²) in [5.74, 6) is -0.483. The zero-order valence-corrected chi connectivity index (χ0v) is 43.9. The maximum atomic E-state index is 14.3. The van der Waals surface area contributed by atoms with Crippen LogP contribution < -0.4 is 20.9 Å². The molecule has 2 aromatic carbocycles. The van der Waals surface area contributed by atoms with Crippen LogP contribution >= 0.6 is 22.7 Å². The van der Waals surface area contributed by atoms with Crippen molar-refractivity contribution >= 4 is 73.5 Å². The maximum absolute atomic E-state index is 14.3. The zero-order chi connectivity index (χ0) is 52.2. The van der Waals surface area contributed by atoms with Crippen LogP contribution in [0.25, 0.3) is 43.0 Å². The summed E-state index contributed by atoms with van der Waals surface area (Å²) in [6.07, 6.45) is 10.7. The number of nitrogens with one attached hydrogen (secondary N) is 3. The Bertz CT molecular complexity index is 3160.